The minimum atomic E-state index is -0.316. The third-order valence-electron chi connectivity index (χ3n) is 7.50. The SMILES string of the molecule is Cc1cccc(C)c1N1C(=O)[C@H]2[C@@H]3C[C@@H]([C@H]4C(c5ccccc5Cl)=NO[C@H]34)[C@@H]2C1=O. The number of rotatable bonds is 2. The molecule has 2 bridgehead atoms. The van der Waals surface area contributed by atoms with Crippen molar-refractivity contribution in [2.75, 3.05) is 4.90 Å². The lowest BCUT2D eigenvalue weighted by Crippen LogP contribution is -2.41. The first-order chi connectivity index (χ1) is 14.5. The Kier molecular flexibility index (Phi) is 3.73. The number of para-hydroxylation sites is 1. The summed E-state index contributed by atoms with van der Waals surface area (Å²) >= 11 is 6.43. The Morgan fingerprint density at radius 3 is 2.30 bits per heavy atom. The number of hydrogen-bond donors (Lipinski definition) is 0. The maximum Gasteiger partial charge on any atom is 0.238 e. The summed E-state index contributed by atoms with van der Waals surface area (Å²) in [6, 6.07) is 13.5. The van der Waals surface area contributed by atoms with Crippen LogP contribution in [0, 0.1) is 43.4 Å². The molecular weight excluding hydrogens is 400 g/mol. The highest BCUT2D eigenvalue weighted by Gasteiger charge is 2.70. The second kappa shape index (κ2) is 6.17. The fourth-order valence-corrected chi connectivity index (χ4v) is 6.63. The second-order valence-electron chi connectivity index (χ2n) is 8.92. The van der Waals surface area contributed by atoms with Crippen LogP contribution in [-0.2, 0) is 14.4 Å². The molecule has 6 atom stereocenters. The van der Waals surface area contributed by atoms with Gasteiger partial charge in [0.2, 0.25) is 11.8 Å². The van der Waals surface area contributed by atoms with E-state index in [1.165, 1.54) is 4.90 Å². The van der Waals surface area contributed by atoms with Gasteiger partial charge in [0.15, 0.2) is 0 Å². The van der Waals surface area contributed by atoms with E-state index in [1.54, 1.807) is 0 Å². The number of imide groups is 1. The van der Waals surface area contributed by atoms with Crippen LogP contribution in [0.4, 0.5) is 5.69 Å². The molecule has 3 fully saturated rings. The first kappa shape index (κ1) is 18.1. The average molecular weight is 421 g/mol. The predicted octanol–water partition coefficient (Wildman–Crippen LogP) is 4.13. The van der Waals surface area contributed by atoms with E-state index < -0.39 is 0 Å². The highest BCUT2D eigenvalue weighted by Crippen LogP contribution is 2.62. The Labute approximate surface area is 179 Å². The molecule has 4 aliphatic rings. The zero-order valence-electron chi connectivity index (χ0n) is 16.7. The number of halogens is 1. The Balaban J connectivity index is 1.40. The van der Waals surface area contributed by atoms with Crippen molar-refractivity contribution in [3.05, 3.63) is 64.2 Å². The summed E-state index contributed by atoms with van der Waals surface area (Å²) in [4.78, 5) is 34.4. The molecule has 30 heavy (non-hydrogen) atoms. The highest BCUT2D eigenvalue weighted by atomic mass is 35.5. The van der Waals surface area contributed by atoms with Crippen molar-refractivity contribution >= 4 is 34.8 Å². The molecule has 2 saturated carbocycles. The lowest BCUT2D eigenvalue weighted by Gasteiger charge is -2.30. The van der Waals surface area contributed by atoms with Gasteiger partial charge in [-0.25, -0.2) is 4.90 Å². The molecule has 0 radical (unpaired) electrons. The Hall–Kier alpha value is -2.66. The summed E-state index contributed by atoms with van der Waals surface area (Å²) in [5.41, 5.74) is 4.31. The summed E-state index contributed by atoms with van der Waals surface area (Å²) in [6.45, 7) is 3.90. The molecule has 2 aliphatic carbocycles. The molecule has 0 spiro atoms. The zero-order chi connectivity index (χ0) is 20.7. The van der Waals surface area contributed by atoms with E-state index in [-0.39, 0.29) is 47.5 Å². The molecule has 6 heteroatoms. The van der Waals surface area contributed by atoms with Crippen LogP contribution in [0.3, 0.4) is 0 Å². The van der Waals surface area contributed by atoms with Crippen molar-refractivity contribution in [1.29, 1.82) is 0 Å². The molecule has 0 N–H and O–H groups in total. The van der Waals surface area contributed by atoms with E-state index in [0.717, 1.165) is 34.5 Å². The van der Waals surface area contributed by atoms with Gasteiger partial charge in [-0.2, -0.15) is 0 Å². The fraction of sp³-hybridized carbons (Fsp3) is 0.375. The molecule has 5 nitrogen and oxygen atoms in total. The van der Waals surface area contributed by atoms with Gasteiger partial charge in [-0.1, -0.05) is 53.2 Å². The van der Waals surface area contributed by atoms with Crippen molar-refractivity contribution in [1.82, 2.24) is 0 Å². The molecule has 2 aromatic rings. The summed E-state index contributed by atoms with van der Waals surface area (Å²) in [7, 11) is 0. The molecule has 2 heterocycles. The minimum absolute atomic E-state index is 0.00539. The smallest absolute Gasteiger partial charge is 0.238 e. The van der Waals surface area contributed by atoms with Gasteiger partial charge < -0.3 is 4.84 Å². The third kappa shape index (κ3) is 2.16. The molecule has 2 aromatic carbocycles. The van der Waals surface area contributed by atoms with Gasteiger partial charge in [0.25, 0.3) is 0 Å². The molecule has 152 valence electrons. The number of hydrogen-bond acceptors (Lipinski definition) is 4. The number of amides is 2. The van der Waals surface area contributed by atoms with Crippen LogP contribution in [0.25, 0.3) is 0 Å². The molecule has 1 saturated heterocycles. The standard InChI is InChI=1S/C24H21ClN2O3/c1-11-6-5-7-12(2)21(11)27-23(28)17-14-10-15(18(17)24(27)29)22-19(14)20(26-30-22)13-8-3-4-9-16(13)25/h3-9,14-15,17-19,22H,10H2,1-2H3/t14-,15+,17+,18+,19+,22-/m1/s1. The molecule has 2 amide bonds. The number of carbonyl (C=O) groups is 2. The van der Waals surface area contributed by atoms with Gasteiger partial charge >= 0.3 is 0 Å². The highest BCUT2D eigenvalue weighted by molar-refractivity contribution is 6.34. The van der Waals surface area contributed by atoms with Crippen LogP contribution in [-0.4, -0.2) is 23.6 Å². The summed E-state index contributed by atoms with van der Waals surface area (Å²) in [6.07, 6.45) is 0.670. The second-order valence-corrected chi connectivity index (χ2v) is 9.33. The van der Waals surface area contributed by atoms with Crippen molar-refractivity contribution in [2.45, 2.75) is 26.4 Å². The van der Waals surface area contributed by atoms with Crippen molar-refractivity contribution < 1.29 is 14.4 Å². The zero-order valence-corrected chi connectivity index (χ0v) is 17.5. The van der Waals surface area contributed by atoms with E-state index in [9.17, 15) is 9.59 Å². The molecule has 6 rings (SSSR count). The Bertz CT molecular complexity index is 1120. The van der Waals surface area contributed by atoms with Crippen LogP contribution < -0.4 is 4.90 Å². The van der Waals surface area contributed by atoms with Crippen LogP contribution >= 0.6 is 11.6 Å². The molecular formula is C24H21ClN2O3. The maximum absolute atomic E-state index is 13.6. The summed E-state index contributed by atoms with van der Waals surface area (Å²) < 4.78 is 0. The van der Waals surface area contributed by atoms with Crippen LogP contribution in [0.5, 0.6) is 0 Å². The van der Waals surface area contributed by atoms with Crippen LogP contribution in [0.2, 0.25) is 5.02 Å². The van der Waals surface area contributed by atoms with Gasteiger partial charge in [-0.15, -0.1) is 0 Å². The number of anilines is 1. The monoisotopic (exact) mass is 420 g/mol. The molecule has 0 aromatic heterocycles. The van der Waals surface area contributed by atoms with Crippen LogP contribution in [0.15, 0.2) is 47.6 Å². The van der Waals surface area contributed by atoms with E-state index in [4.69, 9.17) is 16.4 Å². The van der Waals surface area contributed by atoms with Gasteiger partial charge in [0.1, 0.15) is 6.10 Å². The summed E-state index contributed by atoms with van der Waals surface area (Å²) in [5.74, 6) is -0.707. The lowest BCUT2D eigenvalue weighted by atomic mass is 9.71. The number of oxime groups is 1. The van der Waals surface area contributed by atoms with Crippen LogP contribution in [0.1, 0.15) is 23.1 Å². The number of benzene rings is 2. The third-order valence-corrected chi connectivity index (χ3v) is 7.83. The average Bonchev–Trinajstić information content (AvgIpc) is 3.45. The minimum Gasteiger partial charge on any atom is -0.391 e. The number of nitrogens with zero attached hydrogens (tertiary/aromatic N) is 2. The van der Waals surface area contributed by atoms with E-state index in [2.05, 4.69) is 5.16 Å². The lowest BCUT2D eigenvalue weighted by molar-refractivity contribution is -0.125. The summed E-state index contributed by atoms with van der Waals surface area (Å²) in [5, 5.41) is 5.00. The van der Waals surface area contributed by atoms with Crippen molar-refractivity contribution in [3.63, 3.8) is 0 Å². The van der Waals surface area contributed by atoms with E-state index in [0.29, 0.717) is 5.02 Å². The molecule has 2 aliphatic heterocycles. The Morgan fingerprint density at radius 1 is 0.933 bits per heavy atom. The number of carbonyl (C=O) groups excluding carboxylic acids is 2. The maximum atomic E-state index is 13.6. The normalized spacial score (nSPS) is 33.6. The van der Waals surface area contributed by atoms with E-state index >= 15 is 0 Å². The topological polar surface area (TPSA) is 59.0 Å². The Morgan fingerprint density at radius 2 is 1.60 bits per heavy atom. The predicted molar refractivity (Wildman–Crippen MR) is 113 cm³/mol. The van der Waals surface area contributed by atoms with Gasteiger partial charge in [-0.05, 0) is 43.4 Å². The quantitative estimate of drug-likeness (QED) is 0.686. The molecule has 0 unspecified atom stereocenters. The van der Waals surface area contributed by atoms with E-state index in [1.807, 2.05) is 56.3 Å². The van der Waals surface area contributed by atoms with Crippen molar-refractivity contribution in [3.8, 4) is 0 Å². The van der Waals surface area contributed by atoms with Gasteiger partial charge in [-0.3, -0.25) is 9.59 Å². The van der Waals surface area contributed by atoms with Gasteiger partial charge in [0.05, 0.1) is 23.2 Å². The largest absolute Gasteiger partial charge is 0.391 e. The van der Waals surface area contributed by atoms with Gasteiger partial charge in [0, 0.05) is 22.4 Å². The fourth-order valence-electron chi connectivity index (χ4n) is 6.40. The first-order valence-corrected chi connectivity index (χ1v) is 10.8. The number of fused-ring (bicyclic) bond motifs is 8. The van der Waals surface area contributed by atoms with Crippen molar-refractivity contribution in [2.24, 2.45) is 34.7 Å². The number of aryl methyl sites for hydroxylation is 2. The first-order valence-electron chi connectivity index (χ1n) is 10.4.